The van der Waals surface area contributed by atoms with Crippen LogP contribution < -0.4 is 4.72 Å². The minimum atomic E-state index is -3.18. The van der Waals surface area contributed by atoms with E-state index < -0.39 is 10.0 Å². The molecule has 0 radical (unpaired) electrons. The molecule has 0 aromatic heterocycles. The van der Waals surface area contributed by atoms with Gasteiger partial charge in [-0.1, -0.05) is 22.9 Å². The molecule has 1 fully saturated rings. The molecule has 0 aliphatic carbocycles. The van der Waals surface area contributed by atoms with Crippen LogP contribution in [0.15, 0.2) is 0 Å². The largest absolute Gasteiger partial charge is 0.377 e. The fourth-order valence-electron chi connectivity index (χ4n) is 1.44. The van der Waals surface area contributed by atoms with Crippen LogP contribution in [0.1, 0.15) is 26.2 Å². The maximum Gasteiger partial charge on any atom is 0.214 e. The minimum Gasteiger partial charge on any atom is -0.377 e. The first-order valence-corrected chi connectivity index (χ1v) is 7.83. The van der Waals surface area contributed by atoms with Crippen LogP contribution in [-0.2, 0) is 14.8 Å². The number of nitrogens with one attached hydrogen (secondary N) is 1. The van der Waals surface area contributed by atoms with Crippen LogP contribution in [0.3, 0.4) is 0 Å². The third-order valence-corrected chi connectivity index (χ3v) is 4.79. The van der Waals surface area contributed by atoms with E-state index in [4.69, 9.17) is 4.74 Å². The number of rotatable bonds is 6. The maximum atomic E-state index is 11.6. The summed E-state index contributed by atoms with van der Waals surface area (Å²) in [5.74, 6) is 0.0937. The highest BCUT2D eigenvalue weighted by Crippen LogP contribution is 2.13. The standard InChI is InChI=1S/C9H18BrNO3S/c1-2-8(10)6-11-15(12,13)7-9-4-3-5-14-9/h8-9,11H,2-7H2,1H3. The average molecular weight is 300 g/mol. The number of sulfonamides is 1. The summed E-state index contributed by atoms with van der Waals surface area (Å²) in [7, 11) is -3.18. The third-order valence-electron chi connectivity index (χ3n) is 2.40. The van der Waals surface area contributed by atoms with Crippen molar-refractivity contribution in [2.75, 3.05) is 18.9 Å². The zero-order chi connectivity index (χ0) is 11.3. The van der Waals surface area contributed by atoms with Gasteiger partial charge in [0.15, 0.2) is 0 Å². The quantitative estimate of drug-likeness (QED) is 0.751. The van der Waals surface area contributed by atoms with Crippen molar-refractivity contribution < 1.29 is 13.2 Å². The van der Waals surface area contributed by atoms with Crippen LogP contribution in [0.25, 0.3) is 0 Å². The van der Waals surface area contributed by atoms with E-state index in [9.17, 15) is 8.42 Å². The molecular weight excluding hydrogens is 282 g/mol. The highest BCUT2D eigenvalue weighted by atomic mass is 79.9. The molecule has 1 saturated heterocycles. The number of ether oxygens (including phenoxy) is 1. The molecule has 1 N–H and O–H groups in total. The van der Waals surface area contributed by atoms with Gasteiger partial charge in [-0.3, -0.25) is 0 Å². The Labute approximate surface area is 99.9 Å². The van der Waals surface area contributed by atoms with E-state index in [1.54, 1.807) is 0 Å². The molecule has 15 heavy (non-hydrogen) atoms. The first kappa shape index (κ1) is 13.4. The molecule has 1 aliphatic rings. The summed E-state index contributed by atoms with van der Waals surface area (Å²) in [6.07, 6.45) is 2.61. The van der Waals surface area contributed by atoms with Gasteiger partial charge in [0.05, 0.1) is 11.9 Å². The molecule has 0 bridgehead atoms. The fraction of sp³-hybridized carbons (Fsp3) is 1.00. The molecule has 1 aliphatic heterocycles. The number of halogens is 1. The average Bonchev–Trinajstić information content (AvgIpc) is 2.66. The Bertz CT molecular complexity index is 275. The van der Waals surface area contributed by atoms with E-state index in [-0.39, 0.29) is 16.7 Å². The van der Waals surface area contributed by atoms with Crippen molar-refractivity contribution in [2.45, 2.75) is 37.1 Å². The van der Waals surface area contributed by atoms with Crippen molar-refractivity contribution >= 4 is 26.0 Å². The number of hydrogen-bond donors (Lipinski definition) is 1. The summed E-state index contributed by atoms with van der Waals surface area (Å²) < 4.78 is 31.1. The fourth-order valence-corrected chi connectivity index (χ4v) is 3.14. The maximum absolute atomic E-state index is 11.6. The Kier molecular flexibility index (Phi) is 5.52. The predicted molar refractivity (Wildman–Crippen MR) is 63.8 cm³/mol. The van der Waals surface area contributed by atoms with Gasteiger partial charge in [-0.25, -0.2) is 13.1 Å². The Morgan fingerprint density at radius 2 is 2.33 bits per heavy atom. The second-order valence-electron chi connectivity index (χ2n) is 3.77. The Hall–Kier alpha value is 0.350. The molecule has 0 spiro atoms. The van der Waals surface area contributed by atoms with Crippen molar-refractivity contribution in [1.82, 2.24) is 4.72 Å². The highest BCUT2D eigenvalue weighted by molar-refractivity contribution is 9.09. The smallest absolute Gasteiger partial charge is 0.214 e. The molecule has 0 amide bonds. The summed E-state index contributed by atoms with van der Waals surface area (Å²) in [6.45, 7) is 3.15. The van der Waals surface area contributed by atoms with Crippen LogP contribution in [0, 0.1) is 0 Å². The lowest BCUT2D eigenvalue weighted by atomic mass is 10.3. The van der Waals surface area contributed by atoms with Crippen molar-refractivity contribution in [3.8, 4) is 0 Å². The third kappa shape index (κ3) is 5.29. The lowest BCUT2D eigenvalue weighted by Crippen LogP contribution is -2.35. The minimum absolute atomic E-state index is 0.0937. The van der Waals surface area contributed by atoms with Crippen molar-refractivity contribution in [3.63, 3.8) is 0 Å². The van der Waals surface area contributed by atoms with Gasteiger partial charge in [0, 0.05) is 18.0 Å². The predicted octanol–water partition coefficient (Wildman–Crippen LogP) is 1.26. The van der Waals surface area contributed by atoms with Crippen LogP contribution >= 0.6 is 15.9 Å². The van der Waals surface area contributed by atoms with Crippen LogP contribution in [-0.4, -0.2) is 38.3 Å². The zero-order valence-electron chi connectivity index (χ0n) is 8.91. The van der Waals surface area contributed by atoms with Gasteiger partial charge < -0.3 is 4.74 Å². The van der Waals surface area contributed by atoms with Crippen molar-refractivity contribution in [2.24, 2.45) is 0 Å². The lowest BCUT2D eigenvalue weighted by molar-refractivity contribution is 0.127. The topological polar surface area (TPSA) is 55.4 Å². The Morgan fingerprint density at radius 1 is 1.60 bits per heavy atom. The van der Waals surface area contributed by atoms with Gasteiger partial charge in [0.1, 0.15) is 0 Å². The van der Waals surface area contributed by atoms with Crippen LogP contribution in [0.4, 0.5) is 0 Å². The van der Waals surface area contributed by atoms with Crippen LogP contribution in [0.5, 0.6) is 0 Å². The van der Waals surface area contributed by atoms with Crippen molar-refractivity contribution in [3.05, 3.63) is 0 Å². The number of hydrogen-bond acceptors (Lipinski definition) is 3. The Morgan fingerprint density at radius 3 is 2.87 bits per heavy atom. The molecule has 0 aromatic carbocycles. The lowest BCUT2D eigenvalue weighted by Gasteiger charge is -2.12. The summed E-state index contributed by atoms with van der Waals surface area (Å²) in [6, 6.07) is 0. The molecule has 90 valence electrons. The summed E-state index contributed by atoms with van der Waals surface area (Å²) in [5.41, 5.74) is 0. The second-order valence-corrected chi connectivity index (χ2v) is 6.92. The highest BCUT2D eigenvalue weighted by Gasteiger charge is 2.23. The van der Waals surface area contributed by atoms with Gasteiger partial charge in [0.2, 0.25) is 10.0 Å². The second kappa shape index (κ2) is 6.18. The normalized spacial score (nSPS) is 24.3. The summed E-state index contributed by atoms with van der Waals surface area (Å²) >= 11 is 3.38. The first-order valence-electron chi connectivity index (χ1n) is 5.26. The number of alkyl halides is 1. The molecule has 6 heteroatoms. The van der Waals surface area contributed by atoms with Gasteiger partial charge in [-0.05, 0) is 19.3 Å². The zero-order valence-corrected chi connectivity index (χ0v) is 11.3. The van der Waals surface area contributed by atoms with E-state index in [0.29, 0.717) is 13.2 Å². The molecule has 2 atom stereocenters. The molecule has 4 nitrogen and oxygen atoms in total. The molecule has 1 rings (SSSR count). The molecular formula is C9H18BrNO3S. The van der Waals surface area contributed by atoms with Gasteiger partial charge in [-0.15, -0.1) is 0 Å². The SMILES string of the molecule is CCC(Br)CNS(=O)(=O)CC1CCCO1. The monoisotopic (exact) mass is 299 g/mol. The van der Waals surface area contributed by atoms with Gasteiger partial charge >= 0.3 is 0 Å². The van der Waals surface area contributed by atoms with Gasteiger partial charge in [-0.2, -0.15) is 0 Å². The molecule has 1 heterocycles. The molecule has 0 aromatic rings. The Balaban J connectivity index is 2.31. The molecule has 0 saturated carbocycles. The van der Waals surface area contributed by atoms with E-state index in [0.717, 1.165) is 19.3 Å². The van der Waals surface area contributed by atoms with Gasteiger partial charge in [0.25, 0.3) is 0 Å². The van der Waals surface area contributed by atoms with E-state index in [1.165, 1.54) is 0 Å². The van der Waals surface area contributed by atoms with E-state index >= 15 is 0 Å². The summed E-state index contributed by atoms with van der Waals surface area (Å²) in [4.78, 5) is 0.205. The van der Waals surface area contributed by atoms with E-state index in [1.807, 2.05) is 6.92 Å². The van der Waals surface area contributed by atoms with Crippen molar-refractivity contribution in [1.29, 1.82) is 0 Å². The molecule has 2 unspecified atom stereocenters. The summed E-state index contributed by atoms with van der Waals surface area (Å²) in [5, 5.41) is 0. The van der Waals surface area contributed by atoms with Crippen LogP contribution in [0.2, 0.25) is 0 Å². The van der Waals surface area contributed by atoms with E-state index in [2.05, 4.69) is 20.7 Å². The first-order chi connectivity index (χ1) is 7.03.